The number of rotatable bonds is 8. The van der Waals surface area contributed by atoms with Gasteiger partial charge in [0.25, 0.3) is 0 Å². The van der Waals surface area contributed by atoms with Gasteiger partial charge in [0.05, 0.1) is 4.90 Å². The quantitative estimate of drug-likeness (QED) is 0.798. The molecule has 0 amide bonds. The van der Waals surface area contributed by atoms with Crippen LogP contribution in [0.2, 0.25) is 0 Å². The van der Waals surface area contributed by atoms with Gasteiger partial charge in [0.15, 0.2) is 0 Å². The van der Waals surface area contributed by atoms with Crippen molar-refractivity contribution >= 4 is 15.7 Å². The first kappa shape index (κ1) is 16.0. The largest absolute Gasteiger partial charge is 0.385 e. The molecule has 1 aromatic carbocycles. The number of nitrogens with one attached hydrogen (secondary N) is 1. The summed E-state index contributed by atoms with van der Waals surface area (Å²) < 4.78 is 26.4. The molecular weight excluding hydrogens is 260 g/mol. The van der Waals surface area contributed by atoms with Gasteiger partial charge in [-0.2, -0.15) is 4.31 Å². The molecule has 0 heterocycles. The second-order valence-electron chi connectivity index (χ2n) is 4.40. The fourth-order valence-corrected chi connectivity index (χ4v) is 3.37. The SMILES string of the molecule is CCCCN(CC)S(=O)(=O)c1ccc(NCC)cc1. The molecule has 0 aliphatic rings. The second-order valence-corrected chi connectivity index (χ2v) is 6.34. The molecule has 19 heavy (non-hydrogen) atoms. The number of hydrogen-bond acceptors (Lipinski definition) is 3. The van der Waals surface area contributed by atoms with Gasteiger partial charge in [-0.1, -0.05) is 20.3 Å². The highest BCUT2D eigenvalue weighted by molar-refractivity contribution is 7.89. The standard InChI is InChI=1S/C14H24N2O2S/c1-4-7-12-16(6-3)19(17,18)14-10-8-13(9-11-14)15-5-2/h8-11,15H,4-7,12H2,1-3H3. The smallest absolute Gasteiger partial charge is 0.243 e. The number of hydrogen-bond donors (Lipinski definition) is 1. The summed E-state index contributed by atoms with van der Waals surface area (Å²) in [6.07, 6.45) is 1.88. The predicted octanol–water partition coefficient (Wildman–Crippen LogP) is 2.93. The average Bonchev–Trinajstić information content (AvgIpc) is 2.40. The number of sulfonamides is 1. The van der Waals surface area contributed by atoms with Crippen LogP contribution in [0.3, 0.4) is 0 Å². The minimum Gasteiger partial charge on any atom is -0.385 e. The Morgan fingerprint density at radius 3 is 2.21 bits per heavy atom. The van der Waals surface area contributed by atoms with E-state index < -0.39 is 10.0 Å². The minimum atomic E-state index is -3.35. The van der Waals surface area contributed by atoms with E-state index in [2.05, 4.69) is 12.2 Å². The molecule has 0 aliphatic carbocycles. The molecule has 0 radical (unpaired) electrons. The van der Waals surface area contributed by atoms with Crippen LogP contribution in [-0.2, 0) is 10.0 Å². The summed E-state index contributed by atoms with van der Waals surface area (Å²) in [5.74, 6) is 0. The van der Waals surface area contributed by atoms with Crippen molar-refractivity contribution in [3.8, 4) is 0 Å². The Kier molecular flexibility index (Phi) is 6.31. The summed E-state index contributed by atoms with van der Waals surface area (Å²) in [7, 11) is -3.35. The first-order valence-electron chi connectivity index (χ1n) is 6.90. The van der Waals surface area contributed by atoms with Gasteiger partial charge in [-0.05, 0) is 37.6 Å². The Labute approximate surface area is 116 Å². The summed E-state index contributed by atoms with van der Waals surface area (Å²) in [6.45, 7) is 7.87. The Bertz CT molecular complexity index is 469. The van der Waals surface area contributed by atoms with E-state index in [4.69, 9.17) is 0 Å². The van der Waals surface area contributed by atoms with E-state index in [0.717, 1.165) is 25.1 Å². The Hall–Kier alpha value is -1.07. The molecule has 0 atom stereocenters. The van der Waals surface area contributed by atoms with Crippen molar-refractivity contribution in [1.29, 1.82) is 0 Å². The third kappa shape index (κ3) is 4.21. The normalized spacial score (nSPS) is 11.8. The summed E-state index contributed by atoms with van der Waals surface area (Å²) in [5, 5.41) is 3.16. The van der Waals surface area contributed by atoms with Crippen molar-refractivity contribution < 1.29 is 8.42 Å². The van der Waals surface area contributed by atoms with Gasteiger partial charge in [-0.3, -0.25) is 0 Å². The van der Waals surface area contributed by atoms with Crippen molar-refractivity contribution in [1.82, 2.24) is 4.31 Å². The molecule has 0 aliphatic heterocycles. The van der Waals surface area contributed by atoms with E-state index in [0.29, 0.717) is 18.0 Å². The summed E-state index contributed by atoms with van der Waals surface area (Å²) in [6, 6.07) is 6.96. The molecule has 1 N–H and O–H groups in total. The zero-order valence-electron chi connectivity index (χ0n) is 12.0. The first-order chi connectivity index (χ1) is 9.06. The van der Waals surface area contributed by atoms with Crippen LogP contribution >= 0.6 is 0 Å². The number of anilines is 1. The molecule has 5 heteroatoms. The third-order valence-electron chi connectivity index (χ3n) is 2.99. The van der Waals surface area contributed by atoms with Gasteiger partial charge >= 0.3 is 0 Å². The minimum absolute atomic E-state index is 0.368. The molecule has 108 valence electrons. The Morgan fingerprint density at radius 1 is 1.11 bits per heavy atom. The van der Waals surface area contributed by atoms with Gasteiger partial charge in [0.2, 0.25) is 10.0 Å². The molecule has 0 aromatic heterocycles. The van der Waals surface area contributed by atoms with Crippen LogP contribution in [-0.4, -0.2) is 32.4 Å². The predicted molar refractivity (Wildman–Crippen MR) is 79.9 cm³/mol. The van der Waals surface area contributed by atoms with Gasteiger partial charge in [-0.15, -0.1) is 0 Å². The number of unbranched alkanes of at least 4 members (excludes halogenated alkanes) is 1. The van der Waals surface area contributed by atoms with Crippen LogP contribution in [0.25, 0.3) is 0 Å². The van der Waals surface area contributed by atoms with Crippen molar-refractivity contribution in [2.24, 2.45) is 0 Å². The molecular formula is C14H24N2O2S. The maximum absolute atomic E-state index is 12.4. The lowest BCUT2D eigenvalue weighted by Gasteiger charge is -2.20. The molecule has 1 rings (SSSR count). The lowest BCUT2D eigenvalue weighted by molar-refractivity contribution is 0.419. The fourth-order valence-electron chi connectivity index (χ4n) is 1.88. The van der Waals surface area contributed by atoms with Crippen LogP contribution < -0.4 is 5.32 Å². The van der Waals surface area contributed by atoms with Crippen LogP contribution in [0.4, 0.5) is 5.69 Å². The maximum atomic E-state index is 12.4. The van der Waals surface area contributed by atoms with Crippen molar-refractivity contribution in [2.45, 2.75) is 38.5 Å². The first-order valence-corrected chi connectivity index (χ1v) is 8.34. The summed E-state index contributed by atoms with van der Waals surface area (Å²) in [4.78, 5) is 0.368. The van der Waals surface area contributed by atoms with Gasteiger partial charge in [-0.25, -0.2) is 8.42 Å². The molecule has 0 unspecified atom stereocenters. The number of nitrogens with zero attached hydrogens (tertiary/aromatic N) is 1. The number of benzene rings is 1. The molecule has 0 fully saturated rings. The van der Waals surface area contributed by atoms with E-state index in [1.54, 1.807) is 16.4 Å². The zero-order valence-corrected chi connectivity index (χ0v) is 12.8. The molecule has 0 spiro atoms. The average molecular weight is 284 g/mol. The van der Waals surface area contributed by atoms with Gasteiger partial charge in [0.1, 0.15) is 0 Å². The van der Waals surface area contributed by atoms with Gasteiger partial charge < -0.3 is 5.32 Å². The fraction of sp³-hybridized carbons (Fsp3) is 0.571. The molecule has 0 saturated carbocycles. The highest BCUT2D eigenvalue weighted by atomic mass is 32.2. The molecule has 0 bridgehead atoms. The Balaban J connectivity index is 2.91. The Morgan fingerprint density at radius 2 is 1.74 bits per heavy atom. The summed E-state index contributed by atoms with van der Waals surface area (Å²) in [5.41, 5.74) is 0.943. The van der Waals surface area contributed by atoms with Crippen LogP contribution in [0, 0.1) is 0 Å². The molecule has 0 saturated heterocycles. The highest BCUT2D eigenvalue weighted by Crippen LogP contribution is 2.18. The lowest BCUT2D eigenvalue weighted by Crippen LogP contribution is -2.31. The monoisotopic (exact) mass is 284 g/mol. The maximum Gasteiger partial charge on any atom is 0.243 e. The van der Waals surface area contributed by atoms with E-state index in [1.165, 1.54) is 0 Å². The highest BCUT2D eigenvalue weighted by Gasteiger charge is 2.22. The summed E-state index contributed by atoms with van der Waals surface area (Å²) >= 11 is 0. The van der Waals surface area contributed by atoms with Crippen molar-refractivity contribution in [2.75, 3.05) is 25.0 Å². The molecule has 1 aromatic rings. The third-order valence-corrected chi connectivity index (χ3v) is 4.98. The van der Waals surface area contributed by atoms with E-state index >= 15 is 0 Å². The van der Waals surface area contributed by atoms with E-state index in [1.807, 2.05) is 26.0 Å². The molecule has 4 nitrogen and oxygen atoms in total. The zero-order chi connectivity index (χ0) is 14.3. The van der Waals surface area contributed by atoms with Crippen LogP contribution in [0.1, 0.15) is 33.6 Å². The van der Waals surface area contributed by atoms with Gasteiger partial charge in [0, 0.05) is 25.3 Å². The van der Waals surface area contributed by atoms with E-state index in [9.17, 15) is 8.42 Å². The van der Waals surface area contributed by atoms with E-state index in [-0.39, 0.29) is 0 Å². The van der Waals surface area contributed by atoms with Crippen LogP contribution in [0.5, 0.6) is 0 Å². The van der Waals surface area contributed by atoms with Crippen molar-refractivity contribution in [3.05, 3.63) is 24.3 Å². The van der Waals surface area contributed by atoms with Crippen LogP contribution in [0.15, 0.2) is 29.2 Å². The lowest BCUT2D eigenvalue weighted by atomic mass is 10.3. The topological polar surface area (TPSA) is 49.4 Å². The second kappa shape index (κ2) is 7.50. The van der Waals surface area contributed by atoms with Crippen molar-refractivity contribution in [3.63, 3.8) is 0 Å².